The minimum Gasteiger partial charge on any atom is -0.485 e. The van der Waals surface area contributed by atoms with E-state index in [-0.39, 0.29) is 11.9 Å². The standard InChI is InChI=1S/C16H22N2O3/c1-16(2)15(20)14(18-7-3-4-13(18)19)11-8-10(9-17)5-6-12(11)21-16/h5-6,8,14-15,20H,3-4,7,9,17H2,1-2H3. The molecule has 21 heavy (non-hydrogen) atoms. The Morgan fingerprint density at radius 2 is 2.24 bits per heavy atom. The maximum atomic E-state index is 12.1. The molecule has 1 amide bonds. The van der Waals surface area contributed by atoms with E-state index in [0.29, 0.717) is 19.5 Å². The normalized spacial score (nSPS) is 27.4. The second-order valence-electron chi connectivity index (χ2n) is 6.36. The molecule has 3 rings (SSSR count). The number of benzene rings is 1. The zero-order valence-electron chi connectivity index (χ0n) is 12.5. The van der Waals surface area contributed by atoms with Gasteiger partial charge in [0.1, 0.15) is 17.5 Å². The highest BCUT2D eigenvalue weighted by atomic mass is 16.5. The fraction of sp³-hybridized carbons (Fsp3) is 0.562. The number of amides is 1. The molecule has 5 heteroatoms. The summed E-state index contributed by atoms with van der Waals surface area (Å²) in [5.74, 6) is 0.827. The molecule has 1 fully saturated rings. The second kappa shape index (κ2) is 5.00. The van der Waals surface area contributed by atoms with Crippen LogP contribution in [0.4, 0.5) is 0 Å². The van der Waals surface area contributed by atoms with Crippen LogP contribution in [0.1, 0.15) is 43.9 Å². The molecule has 0 saturated carbocycles. The van der Waals surface area contributed by atoms with Gasteiger partial charge in [0.05, 0.1) is 6.04 Å². The molecule has 5 nitrogen and oxygen atoms in total. The maximum absolute atomic E-state index is 12.1. The van der Waals surface area contributed by atoms with E-state index in [2.05, 4.69) is 0 Å². The number of nitrogens with two attached hydrogens (primary N) is 1. The Labute approximate surface area is 124 Å². The van der Waals surface area contributed by atoms with Gasteiger partial charge in [0.25, 0.3) is 0 Å². The molecule has 2 atom stereocenters. The van der Waals surface area contributed by atoms with Crippen molar-refractivity contribution < 1.29 is 14.6 Å². The molecule has 0 bridgehead atoms. The van der Waals surface area contributed by atoms with Crippen molar-refractivity contribution in [3.8, 4) is 5.75 Å². The molecule has 2 unspecified atom stereocenters. The van der Waals surface area contributed by atoms with Crippen molar-refractivity contribution in [2.45, 2.75) is 51.0 Å². The quantitative estimate of drug-likeness (QED) is 0.862. The van der Waals surface area contributed by atoms with Crippen LogP contribution in [0.5, 0.6) is 5.75 Å². The Hall–Kier alpha value is -1.59. The molecule has 2 aliphatic heterocycles. The summed E-state index contributed by atoms with van der Waals surface area (Å²) >= 11 is 0. The van der Waals surface area contributed by atoms with Crippen LogP contribution >= 0.6 is 0 Å². The minimum atomic E-state index is -0.764. The Morgan fingerprint density at radius 1 is 1.48 bits per heavy atom. The van der Waals surface area contributed by atoms with Crippen LogP contribution in [-0.2, 0) is 11.3 Å². The number of hydrogen-bond acceptors (Lipinski definition) is 4. The topological polar surface area (TPSA) is 75.8 Å². The van der Waals surface area contributed by atoms with Gasteiger partial charge in [0, 0.05) is 25.1 Å². The summed E-state index contributed by atoms with van der Waals surface area (Å²) in [7, 11) is 0. The predicted molar refractivity (Wildman–Crippen MR) is 78.7 cm³/mol. The van der Waals surface area contributed by atoms with Crippen LogP contribution in [0.25, 0.3) is 0 Å². The fourth-order valence-electron chi connectivity index (χ4n) is 3.24. The molecular weight excluding hydrogens is 268 g/mol. The van der Waals surface area contributed by atoms with Gasteiger partial charge in [-0.25, -0.2) is 0 Å². The van der Waals surface area contributed by atoms with E-state index in [1.807, 2.05) is 32.0 Å². The Kier molecular flexibility index (Phi) is 3.42. The van der Waals surface area contributed by atoms with Crippen molar-refractivity contribution in [2.75, 3.05) is 6.54 Å². The predicted octanol–water partition coefficient (Wildman–Crippen LogP) is 1.34. The molecule has 2 heterocycles. The first-order chi connectivity index (χ1) is 9.94. The summed E-state index contributed by atoms with van der Waals surface area (Å²) in [6, 6.07) is 5.41. The van der Waals surface area contributed by atoms with Crippen molar-refractivity contribution in [1.29, 1.82) is 0 Å². The van der Waals surface area contributed by atoms with Crippen molar-refractivity contribution in [3.05, 3.63) is 29.3 Å². The van der Waals surface area contributed by atoms with Crippen molar-refractivity contribution in [3.63, 3.8) is 0 Å². The number of fused-ring (bicyclic) bond motifs is 1. The van der Waals surface area contributed by atoms with E-state index in [1.165, 1.54) is 0 Å². The number of carbonyl (C=O) groups excluding carboxylic acids is 1. The van der Waals surface area contributed by atoms with Crippen LogP contribution < -0.4 is 10.5 Å². The van der Waals surface area contributed by atoms with E-state index in [9.17, 15) is 9.90 Å². The third kappa shape index (κ3) is 2.30. The second-order valence-corrected chi connectivity index (χ2v) is 6.36. The number of hydrogen-bond donors (Lipinski definition) is 2. The summed E-state index contributed by atoms with van der Waals surface area (Å²) in [6.45, 7) is 4.81. The molecule has 1 aromatic carbocycles. The van der Waals surface area contributed by atoms with Crippen molar-refractivity contribution >= 4 is 5.91 Å². The van der Waals surface area contributed by atoms with Crippen LogP contribution in [0.2, 0.25) is 0 Å². The average Bonchev–Trinajstić information content (AvgIpc) is 2.86. The monoisotopic (exact) mass is 290 g/mol. The number of nitrogens with zero attached hydrogens (tertiary/aromatic N) is 1. The van der Waals surface area contributed by atoms with Gasteiger partial charge in [-0.1, -0.05) is 6.07 Å². The molecular formula is C16H22N2O3. The van der Waals surface area contributed by atoms with Gasteiger partial charge in [-0.2, -0.15) is 0 Å². The minimum absolute atomic E-state index is 0.0980. The molecule has 0 aromatic heterocycles. The van der Waals surface area contributed by atoms with Gasteiger partial charge < -0.3 is 20.5 Å². The van der Waals surface area contributed by atoms with Crippen LogP contribution in [-0.4, -0.2) is 34.2 Å². The molecule has 114 valence electrons. The smallest absolute Gasteiger partial charge is 0.223 e. The number of rotatable bonds is 2. The lowest BCUT2D eigenvalue weighted by molar-refractivity contribution is -0.139. The van der Waals surface area contributed by atoms with Crippen molar-refractivity contribution in [2.24, 2.45) is 5.73 Å². The summed E-state index contributed by atoms with van der Waals surface area (Å²) in [6.07, 6.45) is 0.631. The van der Waals surface area contributed by atoms with Gasteiger partial charge in [0.15, 0.2) is 0 Å². The largest absolute Gasteiger partial charge is 0.485 e. The summed E-state index contributed by atoms with van der Waals surface area (Å²) < 4.78 is 5.93. The van der Waals surface area contributed by atoms with E-state index in [1.54, 1.807) is 4.90 Å². The van der Waals surface area contributed by atoms with E-state index in [4.69, 9.17) is 10.5 Å². The maximum Gasteiger partial charge on any atom is 0.223 e. The molecule has 1 saturated heterocycles. The third-order valence-electron chi connectivity index (χ3n) is 4.46. The average molecular weight is 290 g/mol. The molecule has 0 radical (unpaired) electrons. The molecule has 0 aliphatic carbocycles. The Balaban J connectivity index is 2.10. The van der Waals surface area contributed by atoms with Gasteiger partial charge in [-0.3, -0.25) is 4.79 Å². The van der Waals surface area contributed by atoms with Gasteiger partial charge in [-0.15, -0.1) is 0 Å². The van der Waals surface area contributed by atoms with E-state index in [0.717, 1.165) is 23.3 Å². The fourth-order valence-corrected chi connectivity index (χ4v) is 3.24. The van der Waals surface area contributed by atoms with E-state index < -0.39 is 11.7 Å². The first-order valence-corrected chi connectivity index (χ1v) is 7.43. The first-order valence-electron chi connectivity index (χ1n) is 7.43. The van der Waals surface area contributed by atoms with Gasteiger partial charge in [0.2, 0.25) is 5.91 Å². The highest BCUT2D eigenvalue weighted by Crippen LogP contribution is 2.44. The number of aliphatic hydroxyl groups excluding tert-OH is 1. The number of carbonyl (C=O) groups is 1. The summed E-state index contributed by atoms with van der Waals surface area (Å²) in [5, 5.41) is 10.7. The Morgan fingerprint density at radius 3 is 2.86 bits per heavy atom. The zero-order chi connectivity index (χ0) is 15.2. The molecule has 0 spiro atoms. The molecule has 1 aromatic rings. The zero-order valence-corrected chi connectivity index (χ0v) is 12.5. The highest BCUT2D eigenvalue weighted by molar-refractivity contribution is 5.79. The number of aliphatic hydroxyl groups is 1. The van der Waals surface area contributed by atoms with E-state index >= 15 is 0 Å². The lowest BCUT2D eigenvalue weighted by Gasteiger charge is -2.45. The molecule has 3 N–H and O–H groups in total. The first kappa shape index (κ1) is 14.4. The van der Waals surface area contributed by atoms with Crippen LogP contribution in [0, 0.1) is 0 Å². The van der Waals surface area contributed by atoms with Gasteiger partial charge >= 0.3 is 0 Å². The summed E-state index contributed by atoms with van der Waals surface area (Å²) in [4.78, 5) is 13.9. The molecule has 2 aliphatic rings. The highest BCUT2D eigenvalue weighted by Gasteiger charge is 2.47. The number of likely N-dealkylation sites (tertiary alicyclic amines) is 1. The Bertz CT molecular complexity index is 571. The van der Waals surface area contributed by atoms with Crippen LogP contribution in [0.3, 0.4) is 0 Å². The van der Waals surface area contributed by atoms with Crippen molar-refractivity contribution in [1.82, 2.24) is 4.90 Å². The SMILES string of the molecule is CC1(C)Oc2ccc(CN)cc2C(N2CCCC2=O)C1O. The third-order valence-corrected chi connectivity index (χ3v) is 4.46. The lowest BCUT2D eigenvalue weighted by Crippen LogP contribution is -2.53. The van der Waals surface area contributed by atoms with Gasteiger partial charge in [-0.05, 0) is 38.0 Å². The summed E-state index contributed by atoms with van der Waals surface area (Å²) in [5.41, 5.74) is 6.82. The van der Waals surface area contributed by atoms with Crippen LogP contribution in [0.15, 0.2) is 18.2 Å². The number of ether oxygens (including phenoxy) is 1. The lowest BCUT2D eigenvalue weighted by atomic mass is 9.85.